The van der Waals surface area contributed by atoms with Crippen molar-refractivity contribution in [3.05, 3.63) is 35.9 Å². The summed E-state index contributed by atoms with van der Waals surface area (Å²) in [4.78, 5) is 25.6. The van der Waals surface area contributed by atoms with E-state index in [2.05, 4.69) is 5.32 Å². The van der Waals surface area contributed by atoms with Crippen molar-refractivity contribution in [3.63, 3.8) is 0 Å². The van der Waals surface area contributed by atoms with Crippen molar-refractivity contribution >= 4 is 34.6 Å². The van der Waals surface area contributed by atoms with Crippen molar-refractivity contribution in [3.8, 4) is 0 Å². The summed E-state index contributed by atoms with van der Waals surface area (Å²) in [5.74, 6) is -0.0855. The van der Waals surface area contributed by atoms with Crippen LogP contribution in [0.5, 0.6) is 0 Å². The Morgan fingerprint density at radius 2 is 1.87 bits per heavy atom. The molecule has 2 heterocycles. The lowest BCUT2D eigenvalue weighted by molar-refractivity contribution is -0.152. The van der Waals surface area contributed by atoms with Crippen LogP contribution >= 0.6 is 22.6 Å². The summed E-state index contributed by atoms with van der Waals surface area (Å²) < 4.78 is 16.2. The first-order valence-electron chi connectivity index (χ1n) is 9.95. The Morgan fingerprint density at radius 3 is 2.47 bits per heavy atom. The summed E-state index contributed by atoms with van der Waals surface area (Å²) in [7, 11) is -1.98. The van der Waals surface area contributed by atoms with E-state index < -0.39 is 26.6 Å². The van der Waals surface area contributed by atoms with Gasteiger partial charge in [-0.15, -0.1) is 12.4 Å². The average Bonchev–Trinajstić information content (AvgIpc) is 2.91. The van der Waals surface area contributed by atoms with Gasteiger partial charge in [-0.3, -0.25) is 20.0 Å². The minimum Gasteiger partial charge on any atom is -0.460 e. The standard InChI is InChI=1S/C21H32N2O5S.ClH/c1-20(2,3)28-17(24)14-29(22)15-23-18(21(29)9-11-26-12-10-21)19(25)27-13-16-7-5-4-6-8-16;/h4-8,18,23H,9-15,22H2,1-3H3;1H. The first-order chi connectivity index (χ1) is 13.7. The lowest BCUT2D eigenvalue weighted by Gasteiger charge is -2.50. The quantitative estimate of drug-likeness (QED) is 0.651. The maximum absolute atomic E-state index is 13.0. The highest BCUT2D eigenvalue weighted by molar-refractivity contribution is 8.33. The molecule has 3 rings (SSSR count). The van der Waals surface area contributed by atoms with Crippen molar-refractivity contribution in [1.29, 1.82) is 0 Å². The van der Waals surface area contributed by atoms with Crippen molar-refractivity contribution in [2.75, 3.05) is 24.8 Å². The summed E-state index contributed by atoms with van der Waals surface area (Å²) in [6, 6.07) is 9.03. The smallest absolute Gasteiger partial charge is 0.324 e. The van der Waals surface area contributed by atoms with Gasteiger partial charge in [0, 0.05) is 23.8 Å². The van der Waals surface area contributed by atoms with Gasteiger partial charge >= 0.3 is 11.9 Å². The lowest BCUT2D eigenvalue weighted by Crippen LogP contribution is -2.55. The molecule has 2 aliphatic rings. The topological polar surface area (TPSA) is 99.9 Å². The largest absolute Gasteiger partial charge is 0.460 e. The number of esters is 2. The molecule has 0 amide bonds. The van der Waals surface area contributed by atoms with Crippen LogP contribution in [0.15, 0.2) is 30.3 Å². The highest BCUT2D eigenvalue weighted by Gasteiger charge is 2.59. The second-order valence-electron chi connectivity index (χ2n) is 8.73. The Labute approximate surface area is 186 Å². The molecule has 1 aromatic rings. The van der Waals surface area contributed by atoms with Crippen LogP contribution in [0.25, 0.3) is 0 Å². The monoisotopic (exact) mass is 460 g/mol. The van der Waals surface area contributed by atoms with Gasteiger partial charge in [0.1, 0.15) is 18.2 Å². The van der Waals surface area contributed by atoms with E-state index in [1.54, 1.807) is 0 Å². The van der Waals surface area contributed by atoms with Crippen molar-refractivity contribution in [1.82, 2.24) is 5.32 Å². The molecule has 2 unspecified atom stereocenters. The predicted molar refractivity (Wildman–Crippen MR) is 121 cm³/mol. The number of halogens is 1. The molecular weight excluding hydrogens is 428 g/mol. The lowest BCUT2D eigenvalue weighted by atomic mass is 9.90. The Morgan fingerprint density at radius 1 is 1.23 bits per heavy atom. The Balaban J connectivity index is 0.00000320. The number of hydrogen-bond donors (Lipinski definition) is 2. The van der Waals surface area contributed by atoms with Gasteiger partial charge in [0.2, 0.25) is 0 Å². The summed E-state index contributed by atoms with van der Waals surface area (Å²) >= 11 is 0. The van der Waals surface area contributed by atoms with Crippen molar-refractivity contribution in [2.45, 2.75) is 56.6 Å². The number of carbonyl (C=O) groups is 2. The summed E-state index contributed by atoms with van der Waals surface area (Å²) in [5.41, 5.74) is 0.357. The number of nitrogens with two attached hydrogens (primary N) is 1. The number of benzene rings is 1. The van der Waals surface area contributed by atoms with Crippen LogP contribution < -0.4 is 10.5 Å². The molecule has 2 fully saturated rings. The molecule has 0 saturated carbocycles. The van der Waals surface area contributed by atoms with Gasteiger partial charge in [0.25, 0.3) is 0 Å². The van der Waals surface area contributed by atoms with Gasteiger partial charge in [-0.1, -0.05) is 30.3 Å². The zero-order valence-corrected chi connectivity index (χ0v) is 19.5. The van der Waals surface area contributed by atoms with E-state index in [4.69, 9.17) is 19.3 Å². The van der Waals surface area contributed by atoms with Crippen LogP contribution in [-0.4, -0.2) is 53.2 Å². The minimum atomic E-state index is -1.98. The number of rotatable bonds is 5. The summed E-state index contributed by atoms with van der Waals surface area (Å²) in [6.07, 6.45) is 1.25. The molecule has 2 saturated heterocycles. The van der Waals surface area contributed by atoms with Crippen LogP contribution in [0.3, 0.4) is 0 Å². The number of carbonyl (C=O) groups excluding carboxylic acids is 2. The maximum Gasteiger partial charge on any atom is 0.324 e. The molecule has 0 bridgehead atoms. The molecule has 3 N–H and O–H groups in total. The number of ether oxygens (including phenoxy) is 3. The highest BCUT2D eigenvalue weighted by atomic mass is 35.5. The van der Waals surface area contributed by atoms with Crippen LogP contribution in [0.1, 0.15) is 39.2 Å². The van der Waals surface area contributed by atoms with Crippen LogP contribution in [0.2, 0.25) is 0 Å². The molecule has 30 heavy (non-hydrogen) atoms. The van der Waals surface area contributed by atoms with Gasteiger partial charge in [0.15, 0.2) is 0 Å². The van der Waals surface area contributed by atoms with E-state index in [1.807, 2.05) is 51.1 Å². The average molecular weight is 461 g/mol. The first kappa shape index (κ1) is 24.9. The SMILES string of the molecule is CC(C)(C)OC(=O)CS1(N)CNC(C(=O)OCc2ccccc2)C12CCOCC2.Cl. The zero-order valence-electron chi connectivity index (χ0n) is 17.8. The molecule has 0 radical (unpaired) electrons. The molecule has 9 heteroatoms. The van der Waals surface area contributed by atoms with E-state index in [9.17, 15) is 9.59 Å². The fourth-order valence-corrected chi connectivity index (χ4v) is 7.34. The van der Waals surface area contributed by atoms with E-state index in [0.717, 1.165) is 5.56 Å². The summed E-state index contributed by atoms with van der Waals surface area (Å²) in [6.45, 7) is 6.76. The van der Waals surface area contributed by atoms with Gasteiger partial charge in [-0.2, -0.15) is 10.2 Å². The van der Waals surface area contributed by atoms with E-state index in [0.29, 0.717) is 31.9 Å². The van der Waals surface area contributed by atoms with E-state index in [-0.39, 0.29) is 36.7 Å². The summed E-state index contributed by atoms with van der Waals surface area (Å²) in [5, 5.41) is 10.2. The normalized spacial score (nSPS) is 27.5. The highest BCUT2D eigenvalue weighted by Crippen LogP contribution is 2.62. The molecule has 2 aliphatic heterocycles. The second kappa shape index (κ2) is 9.87. The maximum atomic E-state index is 13.0. The molecule has 2 atom stereocenters. The Kier molecular flexibility index (Phi) is 8.21. The van der Waals surface area contributed by atoms with Crippen LogP contribution in [-0.2, 0) is 30.4 Å². The fourth-order valence-electron chi connectivity index (χ4n) is 4.09. The second-order valence-corrected chi connectivity index (χ2v) is 12.0. The Bertz CT molecular complexity index is 737. The van der Waals surface area contributed by atoms with Gasteiger partial charge in [-0.25, -0.2) is 0 Å². The molecule has 1 aromatic carbocycles. The number of nitrogens with one attached hydrogen (secondary N) is 1. The fraction of sp³-hybridized carbons (Fsp3) is 0.619. The van der Waals surface area contributed by atoms with Crippen LogP contribution in [0.4, 0.5) is 0 Å². The van der Waals surface area contributed by atoms with E-state index in [1.165, 1.54) is 0 Å². The Hall–Kier alpha value is -1.32. The molecule has 170 valence electrons. The minimum absolute atomic E-state index is 0. The third kappa shape index (κ3) is 5.48. The van der Waals surface area contributed by atoms with Crippen LogP contribution in [0, 0.1) is 0 Å². The molecule has 1 spiro atoms. The zero-order chi connectivity index (χ0) is 21.1. The third-order valence-electron chi connectivity index (χ3n) is 5.47. The predicted octanol–water partition coefficient (Wildman–Crippen LogP) is 2.65. The third-order valence-corrected chi connectivity index (χ3v) is 9.17. The van der Waals surface area contributed by atoms with Crippen molar-refractivity contribution < 1.29 is 23.8 Å². The van der Waals surface area contributed by atoms with Gasteiger partial charge in [0.05, 0.1) is 5.75 Å². The molecule has 0 aliphatic carbocycles. The van der Waals surface area contributed by atoms with Gasteiger partial charge < -0.3 is 14.2 Å². The molecule has 7 nitrogen and oxygen atoms in total. The van der Waals surface area contributed by atoms with Crippen molar-refractivity contribution in [2.24, 2.45) is 5.14 Å². The van der Waals surface area contributed by atoms with Gasteiger partial charge in [-0.05, 0) is 39.2 Å². The molecular formula is C21H33ClN2O5S. The number of hydrogen-bond acceptors (Lipinski definition) is 7. The molecule has 0 aromatic heterocycles. The first-order valence-corrected chi connectivity index (χ1v) is 12.0. The van der Waals surface area contributed by atoms with E-state index >= 15 is 0 Å².